The molecule has 3 heterocycles. The summed E-state index contributed by atoms with van der Waals surface area (Å²) in [5, 5.41) is 0. The van der Waals surface area contributed by atoms with Crippen molar-refractivity contribution >= 4 is 21.5 Å². The minimum absolute atomic E-state index is 0.222. The number of nitrogens with zero attached hydrogens (tertiary/aromatic N) is 3. The van der Waals surface area contributed by atoms with Crippen LogP contribution in [0.15, 0.2) is 65.8 Å². The fraction of sp³-hybridized carbons (Fsp3) is 0.143. The Bertz CT molecular complexity index is 1350. The smallest absolute Gasteiger partial charge is 0.261 e. The number of ether oxygens (including phenoxy) is 1. The Balaban J connectivity index is 1.49. The van der Waals surface area contributed by atoms with Crippen LogP contribution in [0.2, 0.25) is 0 Å². The molecular formula is C21H18N4O3S. The monoisotopic (exact) mass is 406 g/mol. The highest BCUT2D eigenvalue weighted by Crippen LogP contribution is 2.30. The van der Waals surface area contributed by atoms with Crippen LogP contribution in [0.1, 0.15) is 11.3 Å². The summed E-state index contributed by atoms with van der Waals surface area (Å²) >= 11 is 0. The maximum Gasteiger partial charge on any atom is 0.261 e. The Morgan fingerprint density at radius 1 is 1.14 bits per heavy atom. The first-order chi connectivity index (χ1) is 14.0. The molecule has 0 bridgehead atoms. The van der Waals surface area contributed by atoms with Crippen LogP contribution in [-0.2, 0) is 16.4 Å². The molecule has 2 aromatic heterocycles. The number of rotatable bonds is 4. The van der Waals surface area contributed by atoms with Gasteiger partial charge < -0.3 is 4.74 Å². The Kier molecular flexibility index (Phi) is 4.02. The molecule has 5 rings (SSSR count). The minimum atomic E-state index is -3.71. The van der Waals surface area contributed by atoms with Crippen molar-refractivity contribution in [1.29, 1.82) is 0 Å². The standard InChI is InChI=1S/C21H18N4O3S/c1-14-20(23-21-22-9-3-10-25(14)21)16-4-2-5-17(12-16)24-29(26,27)18-6-7-19-15(13-18)8-11-28-19/h2-7,9-10,12-13,24H,8,11H2,1H3. The maximum absolute atomic E-state index is 12.9. The van der Waals surface area contributed by atoms with E-state index in [0.29, 0.717) is 18.1 Å². The van der Waals surface area contributed by atoms with E-state index in [2.05, 4.69) is 14.7 Å². The highest BCUT2D eigenvalue weighted by Gasteiger charge is 2.20. The number of aryl methyl sites for hydroxylation is 1. The molecule has 4 aromatic rings. The summed E-state index contributed by atoms with van der Waals surface area (Å²) in [6, 6.07) is 14.0. The van der Waals surface area contributed by atoms with Gasteiger partial charge in [-0.3, -0.25) is 9.12 Å². The highest BCUT2D eigenvalue weighted by atomic mass is 32.2. The molecule has 0 spiro atoms. The quantitative estimate of drug-likeness (QED) is 0.561. The van der Waals surface area contributed by atoms with Gasteiger partial charge >= 0.3 is 0 Å². The molecule has 0 radical (unpaired) electrons. The minimum Gasteiger partial charge on any atom is -0.493 e. The summed E-state index contributed by atoms with van der Waals surface area (Å²) in [4.78, 5) is 9.07. The molecule has 0 unspecified atom stereocenters. The third kappa shape index (κ3) is 3.11. The van der Waals surface area contributed by atoms with Crippen LogP contribution in [0.3, 0.4) is 0 Å². The van der Waals surface area contributed by atoms with Crippen LogP contribution >= 0.6 is 0 Å². The van der Waals surface area contributed by atoms with E-state index in [-0.39, 0.29) is 4.90 Å². The summed E-state index contributed by atoms with van der Waals surface area (Å²) in [7, 11) is -3.71. The van der Waals surface area contributed by atoms with E-state index in [4.69, 9.17) is 4.74 Å². The molecule has 1 N–H and O–H groups in total. The van der Waals surface area contributed by atoms with Gasteiger partial charge in [0.25, 0.3) is 10.0 Å². The highest BCUT2D eigenvalue weighted by molar-refractivity contribution is 7.92. The van der Waals surface area contributed by atoms with Gasteiger partial charge in [-0.25, -0.2) is 18.4 Å². The molecule has 0 amide bonds. The van der Waals surface area contributed by atoms with Gasteiger partial charge in [0.2, 0.25) is 5.78 Å². The van der Waals surface area contributed by atoms with E-state index in [0.717, 1.165) is 34.7 Å². The van der Waals surface area contributed by atoms with Crippen LogP contribution in [-0.4, -0.2) is 29.4 Å². The first-order valence-corrected chi connectivity index (χ1v) is 10.7. The van der Waals surface area contributed by atoms with Gasteiger partial charge in [-0.15, -0.1) is 0 Å². The Labute approximate surface area is 168 Å². The van der Waals surface area contributed by atoms with Crippen LogP contribution in [0.5, 0.6) is 5.75 Å². The molecule has 0 aliphatic carbocycles. The number of fused-ring (bicyclic) bond motifs is 2. The summed E-state index contributed by atoms with van der Waals surface area (Å²) in [6.07, 6.45) is 4.31. The fourth-order valence-electron chi connectivity index (χ4n) is 3.55. The van der Waals surface area contributed by atoms with Gasteiger partial charge in [-0.2, -0.15) is 0 Å². The van der Waals surface area contributed by atoms with Gasteiger partial charge in [-0.1, -0.05) is 12.1 Å². The molecule has 1 aliphatic rings. The van der Waals surface area contributed by atoms with Crippen molar-refractivity contribution in [3.05, 3.63) is 72.2 Å². The van der Waals surface area contributed by atoms with E-state index in [1.165, 1.54) is 0 Å². The van der Waals surface area contributed by atoms with Gasteiger partial charge in [-0.05, 0) is 48.9 Å². The predicted molar refractivity (Wildman–Crippen MR) is 110 cm³/mol. The van der Waals surface area contributed by atoms with Crippen molar-refractivity contribution in [2.45, 2.75) is 18.2 Å². The lowest BCUT2D eigenvalue weighted by atomic mass is 10.1. The van der Waals surface area contributed by atoms with Gasteiger partial charge in [0, 0.05) is 35.8 Å². The lowest BCUT2D eigenvalue weighted by molar-refractivity contribution is 0.356. The number of sulfonamides is 1. The zero-order valence-corrected chi connectivity index (χ0v) is 16.5. The van der Waals surface area contributed by atoms with E-state index in [1.54, 1.807) is 42.6 Å². The lowest BCUT2D eigenvalue weighted by Crippen LogP contribution is -2.13. The van der Waals surface area contributed by atoms with Crippen molar-refractivity contribution in [3.63, 3.8) is 0 Å². The number of aromatic nitrogens is 3. The average molecular weight is 406 g/mol. The second kappa shape index (κ2) is 6.59. The molecule has 29 heavy (non-hydrogen) atoms. The fourth-order valence-corrected chi connectivity index (χ4v) is 4.65. The SMILES string of the molecule is Cc1c(-c2cccc(NS(=O)(=O)c3ccc4c(c3)CCO4)c2)nc2ncccn12. The first kappa shape index (κ1) is 17.7. The van der Waals surface area contributed by atoms with Crippen molar-refractivity contribution in [2.75, 3.05) is 11.3 Å². The third-order valence-electron chi connectivity index (χ3n) is 5.00. The predicted octanol–water partition coefficient (Wildman–Crippen LogP) is 3.44. The van der Waals surface area contributed by atoms with E-state index >= 15 is 0 Å². The molecule has 7 nitrogen and oxygen atoms in total. The summed E-state index contributed by atoms with van der Waals surface area (Å²) in [5.74, 6) is 1.35. The van der Waals surface area contributed by atoms with E-state index in [1.807, 2.05) is 29.7 Å². The maximum atomic E-state index is 12.9. The number of hydrogen-bond donors (Lipinski definition) is 1. The number of benzene rings is 2. The van der Waals surface area contributed by atoms with Crippen LogP contribution in [0.4, 0.5) is 5.69 Å². The summed E-state index contributed by atoms with van der Waals surface area (Å²) in [6.45, 7) is 2.54. The molecule has 0 atom stereocenters. The average Bonchev–Trinajstić information content (AvgIpc) is 3.32. The van der Waals surface area contributed by atoms with Crippen molar-refractivity contribution < 1.29 is 13.2 Å². The summed E-state index contributed by atoms with van der Waals surface area (Å²) < 4.78 is 35.8. The van der Waals surface area contributed by atoms with E-state index < -0.39 is 10.0 Å². The Hall–Kier alpha value is -3.39. The summed E-state index contributed by atoms with van der Waals surface area (Å²) in [5.41, 5.74) is 3.90. The molecule has 146 valence electrons. The second-order valence-electron chi connectivity index (χ2n) is 6.89. The van der Waals surface area contributed by atoms with Crippen molar-refractivity contribution in [3.8, 4) is 17.0 Å². The Morgan fingerprint density at radius 2 is 2.03 bits per heavy atom. The number of imidazole rings is 1. The van der Waals surface area contributed by atoms with Gasteiger partial charge in [0.1, 0.15) is 5.75 Å². The molecule has 8 heteroatoms. The first-order valence-electron chi connectivity index (χ1n) is 9.20. The number of hydrogen-bond acceptors (Lipinski definition) is 5. The van der Waals surface area contributed by atoms with Crippen LogP contribution in [0, 0.1) is 6.92 Å². The lowest BCUT2D eigenvalue weighted by Gasteiger charge is -2.10. The third-order valence-corrected chi connectivity index (χ3v) is 6.38. The zero-order valence-electron chi connectivity index (χ0n) is 15.7. The van der Waals surface area contributed by atoms with Gasteiger partial charge in [0.05, 0.1) is 17.2 Å². The molecule has 0 saturated carbocycles. The number of nitrogens with one attached hydrogen (secondary N) is 1. The zero-order chi connectivity index (χ0) is 20.0. The van der Waals surface area contributed by atoms with Crippen LogP contribution in [0.25, 0.3) is 17.0 Å². The molecule has 0 fully saturated rings. The second-order valence-corrected chi connectivity index (χ2v) is 8.57. The molecule has 2 aromatic carbocycles. The van der Waals surface area contributed by atoms with E-state index in [9.17, 15) is 8.42 Å². The van der Waals surface area contributed by atoms with Crippen LogP contribution < -0.4 is 9.46 Å². The Morgan fingerprint density at radius 3 is 2.90 bits per heavy atom. The van der Waals surface area contributed by atoms with Crippen molar-refractivity contribution in [2.24, 2.45) is 0 Å². The van der Waals surface area contributed by atoms with Crippen molar-refractivity contribution in [1.82, 2.24) is 14.4 Å². The topological polar surface area (TPSA) is 85.6 Å². The molecular weight excluding hydrogens is 388 g/mol. The largest absolute Gasteiger partial charge is 0.493 e. The molecule has 0 saturated heterocycles. The number of anilines is 1. The molecule has 1 aliphatic heterocycles. The normalized spacial score (nSPS) is 13.3. The van der Waals surface area contributed by atoms with Gasteiger partial charge in [0.15, 0.2) is 0 Å².